The van der Waals surface area contributed by atoms with Gasteiger partial charge < -0.3 is 14.8 Å². The van der Waals surface area contributed by atoms with Crippen molar-refractivity contribution in [3.8, 4) is 11.5 Å². The van der Waals surface area contributed by atoms with Gasteiger partial charge in [0.1, 0.15) is 0 Å². The summed E-state index contributed by atoms with van der Waals surface area (Å²) in [4.78, 5) is 0. The van der Waals surface area contributed by atoms with Gasteiger partial charge in [0.05, 0.1) is 12.7 Å². The maximum Gasteiger partial charge on any atom is 0.163 e. The third-order valence-electron chi connectivity index (χ3n) is 2.38. The van der Waals surface area contributed by atoms with Gasteiger partial charge in [0.25, 0.3) is 0 Å². The summed E-state index contributed by atoms with van der Waals surface area (Å²) in [6.07, 6.45) is 1.90. The summed E-state index contributed by atoms with van der Waals surface area (Å²) in [7, 11) is 0. The van der Waals surface area contributed by atoms with Crippen LogP contribution in [0, 0.1) is 0 Å². The van der Waals surface area contributed by atoms with E-state index in [0.29, 0.717) is 23.9 Å². The average Bonchev–Trinajstić information content (AvgIpc) is 2.34. The molecule has 106 valence electrons. The maximum atomic E-state index is 6.26. The summed E-state index contributed by atoms with van der Waals surface area (Å²) in [5.74, 6) is 1.42. The molecule has 0 fully saturated rings. The largest absolute Gasteiger partial charge is 0.490 e. The molecule has 1 aromatic rings. The quantitative estimate of drug-likeness (QED) is 0.581. The van der Waals surface area contributed by atoms with E-state index in [1.807, 2.05) is 39.0 Å². The molecule has 1 rings (SSSR count). The zero-order valence-electron chi connectivity index (χ0n) is 11.8. The number of hydrogen-bond acceptors (Lipinski definition) is 3. The van der Waals surface area contributed by atoms with Crippen LogP contribution in [0.1, 0.15) is 26.3 Å². The molecule has 0 radical (unpaired) electrons. The zero-order valence-corrected chi connectivity index (χ0v) is 12.6. The first-order valence-electron chi connectivity index (χ1n) is 6.52. The lowest BCUT2D eigenvalue weighted by atomic mass is 10.2. The molecule has 1 aromatic carbocycles. The van der Waals surface area contributed by atoms with Crippen molar-refractivity contribution in [1.82, 2.24) is 5.32 Å². The molecule has 0 saturated carbocycles. The van der Waals surface area contributed by atoms with Crippen LogP contribution in [0.15, 0.2) is 24.8 Å². The highest BCUT2D eigenvalue weighted by Crippen LogP contribution is 2.34. The molecule has 0 bridgehead atoms. The van der Waals surface area contributed by atoms with Crippen LogP contribution in [-0.4, -0.2) is 19.3 Å². The number of rotatable bonds is 8. The van der Waals surface area contributed by atoms with Gasteiger partial charge >= 0.3 is 0 Å². The Morgan fingerprint density at radius 1 is 1.37 bits per heavy atom. The van der Waals surface area contributed by atoms with E-state index in [2.05, 4.69) is 11.9 Å². The van der Waals surface area contributed by atoms with Crippen molar-refractivity contribution >= 4 is 11.6 Å². The standard InChI is InChI=1S/C15H22ClNO2/c1-5-7-17-10-12-8-14(18-6-2)15(9-13(12)16)19-11(3)4/h5,8-9,11,17H,1,6-7,10H2,2-4H3. The van der Waals surface area contributed by atoms with Crippen molar-refractivity contribution in [2.24, 2.45) is 0 Å². The number of ether oxygens (including phenoxy) is 2. The Bertz CT molecular complexity index is 419. The molecule has 0 amide bonds. The Morgan fingerprint density at radius 2 is 2.11 bits per heavy atom. The summed E-state index contributed by atoms with van der Waals surface area (Å²) >= 11 is 6.26. The van der Waals surface area contributed by atoms with Crippen LogP contribution < -0.4 is 14.8 Å². The van der Waals surface area contributed by atoms with Crippen molar-refractivity contribution < 1.29 is 9.47 Å². The highest BCUT2D eigenvalue weighted by atomic mass is 35.5. The highest BCUT2D eigenvalue weighted by Gasteiger charge is 2.12. The second-order valence-electron chi connectivity index (χ2n) is 4.41. The topological polar surface area (TPSA) is 30.5 Å². The zero-order chi connectivity index (χ0) is 14.3. The number of hydrogen-bond donors (Lipinski definition) is 1. The van der Waals surface area contributed by atoms with Gasteiger partial charge in [0, 0.05) is 24.2 Å². The molecule has 0 atom stereocenters. The van der Waals surface area contributed by atoms with Crippen LogP contribution in [0.25, 0.3) is 0 Å². The average molecular weight is 284 g/mol. The van der Waals surface area contributed by atoms with E-state index >= 15 is 0 Å². The molecular weight excluding hydrogens is 262 g/mol. The molecule has 0 heterocycles. The Kier molecular flexibility index (Phi) is 6.74. The van der Waals surface area contributed by atoms with E-state index in [-0.39, 0.29) is 6.10 Å². The lowest BCUT2D eigenvalue weighted by Gasteiger charge is -2.17. The second kappa shape index (κ2) is 8.08. The Labute approximate surface area is 120 Å². The first-order chi connectivity index (χ1) is 9.08. The molecule has 3 nitrogen and oxygen atoms in total. The first kappa shape index (κ1) is 15.9. The fraction of sp³-hybridized carbons (Fsp3) is 0.467. The molecule has 1 N–H and O–H groups in total. The minimum absolute atomic E-state index is 0.0833. The minimum atomic E-state index is 0.0833. The van der Waals surface area contributed by atoms with E-state index in [9.17, 15) is 0 Å². The van der Waals surface area contributed by atoms with E-state index in [1.165, 1.54) is 0 Å². The number of nitrogens with one attached hydrogen (secondary N) is 1. The molecule has 0 aromatic heterocycles. The van der Waals surface area contributed by atoms with Crippen molar-refractivity contribution in [2.75, 3.05) is 13.2 Å². The molecule has 0 unspecified atom stereocenters. The van der Waals surface area contributed by atoms with Gasteiger partial charge in [-0.15, -0.1) is 6.58 Å². The Hall–Kier alpha value is -1.19. The van der Waals surface area contributed by atoms with Crippen molar-refractivity contribution in [2.45, 2.75) is 33.4 Å². The minimum Gasteiger partial charge on any atom is -0.490 e. The van der Waals surface area contributed by atoms with Gasteiger partial charge in [0.15, 0.2) is 11.5 Å². The lowest BCUT2D eigenvalue weighted by Crippen LogP contribution is -2.13. The van der Waals surface area contributed by atoms with Crippen LogP contribution in [0.2, 0.25) is 5.02 Å². The van der Waals surface area contributed by atoms with Crippen LogP contribution in [0.5, 0.6) is 11.5 Å². The fourth-order valence-corrected chi connectivity index (χ4v) is 1.86. The van der Waals surface area contributed by atoms with Crippen LogP contribution in [0.4, 0.5) is 0 Å². The first-order valence-corrected chi connectivity index (χ1v) is 6.89. The second-order valence-corrected chi connectivity index (χ2v) is 4.82. The van der Waals surface area contributed by atoms with Crippen molar-refractivity contribution in [3.05, 3.63) is 35.4 Å². The smallest absolute Gasteiger partial charge is 0.163 e. The number of halogens is 1. The van der Waals surface area contributed by atoms with Gasteiger partial charge in [-0.25, -0.2) is 0 Å². The van der Waals surface area contributed by atoms with Crippen LogP contribution >= 0.6 is 11.6 Å². The summed E-state index contributed by atoms with van der Waals surface area (Å²) < 4.78 is 11.3. The van der Waals surface area contributed by atoms with Crippen LogP contribution in [0.3, 0.4) is 0 Å². The highest BCUT2D eigenvalue weighted by molar-refractivity contribution is 6.31. The predicted octanol–water partition coefficient (Wildman–Crippen LogP) is 3.80. The summed E-state index contributed by atoms with van der Waals surface area (Å²) in [5, 5.41) is 3.90. The molecule has 4 heteroatoms. The third-order valence-corrected chi connectivity index (χ3v) is 2.73. The van der Waals surface area contributed by atoms with Gasteiger partial charge in [-0.3, -0.25) is 0 Å². The summed E-state index contributed by atoms with van der Waals surface area (Å²) in [5.41, 5.74) is 0.989. The molecule has 19 heavy (non-hydrogen) atoms. The van der Waals surface area contributed by atoms with Gasteiger partial charge in [0.2, 0.25) is 0 Å². The van der Waals surface area contributed by atoms with Gasteiger partial charge in [-0.1, -0.05) is 17.7 Å². The third kappa shape index (κ3) is 5.13. The Balaban J connectivity index is 2.94. The van der Waals surface area contributed by atoms with Crippen LogP contribution in [-0.2, 0) is 6.54 Å². The molecule has 0 aliphatic rings. The monoisotopic (exact) mass is 283 g/mol. The van der Waals surface area contributed by atoms with Gasteiger partial charge in [-0.05, 0) is 32.4 Å². The molecule has 0 aliphatic carbocycles. The van der Waals surface area contributed by atoms with E-state index in [0.717, 1.165) is 17.9 Å². The van der Waals surface area contributed by atoms with Crippen molar-refractivity contribution in [3.63, 3.8) is 0 Å². The lowest BCUT2D eigenvalue weighted by molar-refractivity contribution is 0.223. The predicted molar refractivity (Wildman–Crippen MR) is 80.3 cm³/mol. The molecule has 0 aliphatic heterocycles. The van der Waals surface area contributed by atoms with Crippen molar-refractivity contribution in [1.29, 1.82) is 0 Å². The normalized spacial score (nSPS) is 10.6. The SMILES string of the molecule is C=CCNCc1cc(OCC)c(OC(C)C)cc1Cl. The number of benzene rings is 1. The molecule has 0 saturated heterocycles. The van der Waals surface area contributed by atoms with Gasteiger partial charge in [-0.2, -0.15) is 0 Å². The fourth-order valence-electron chi connectivity index (χ4n) is 1.64. The summed E-state index contributed by atoms with van der Waals surface area (Å²) in [6.45, 7) is 11.6. The summed E-state index contributed by atoms with van der Waals surface area (Å²) in [6, 6.07) is 3.75. The van der Waals surface area contributed by atoms with E-state index < -0.39 is 0 Å². The molecular formula is C15H22ClNO2. The Morgan fingerprint density at radius 3 is 2.68 bits per heavy atom. The molecule has 0 spiro atoms. The maximum absolute atomic E-state index is 6.26. The van der Waals surface area contributed by atoms with E-state index in [4.69, 9.17) is 21.1 Å². The van der Waals surface area contributed by atoms with E-state index in [1.54, 1.807) is 0 Å².